The fourth-order valence-electron chi connectivity index (χ4n) is 3.87. The van der Waals surface area contributed by atoms with Crippen LogP contribution in [-0.4, -0.2) is 36.5 Å². The Morgan fingerprint density at radius 1 is 1.33 bits per heavy atom. The number of halogens is 3. The summed E-state index contributed by atoms with van der Waals surface area (Å²) in [7, 11) is 0. The normalized spacial score (nSPS) is 25.9. The first-order valence-electron chi connectivity index (χ1n) is 10.3. The summed E-state index contributed by atoms with van der Waals surface area (Å²) in [5.41, 5.74) is 6.71. The highest BCUT2D eigenvalue weighted by Gasteiger charge is 2.34. The van der Waals surface area contributed by atoms with E-state index < -0.39 is 29.9 Å². The first-order chi connectivity index (χ1) is 15.7. The van der Waals surface area contributed by atoms with Crippen LogP contribution in [0, 0.1) is 5.92 Å². The van der Waals surface area contributed by atoms with Crippen molar-refractivity contribution in [2.75, 3.05) is 5.32 Å². The second-order valence-electron chi connectivity index (χ2n) is 7.82. The minimum absolute atomic E-state index is 0.240. The van der Waals surface area contributed by atoms with Crippen LogP contribution in [-0.2, 0) is 4.79 Å². The van der Waals surface area contributed by atoms with Crippen molar-refractivity contribution >= 4 is 23.8 Å². The lowest BCUT2D eigenvalue weighted by atomic mass is 9.86. The number of amides is 1. The topological polar surface area (TPSA) is 104 Å². The fourth-order valence-corrected chi connectivity index (χ4v) is 3.87. The van der Waals surface area contributed by atoms with Gasteiger partial charge in [-0.25, -0.2) is 0 Å². The molecule has 1 amide bonds. The SMILES string of the molecule is CC(N=C1NC=NC2C(C(N)=O)=CC=CC12)c1cccc(NC2C=C(C(F)(F)F)C=CN2)c1. The van der Waals surface area contributed by atoms with Gasteiger partial charge < -0.3 is 21.7 Å². The van der Waals surface area contributed by atoms with Gasteiger partial charge in [0, 0.05) is 11.3 Å². The minimum atomic E-state index is -4.41. The van der Waals surface area contributed by atoms with Crippen molar-refractivity contribution in [2.24, 2.45) is 21.6 Å². The van der Waals surface area contributed by atoms with Crippen molar-refractivity contribution in [3.8, 4) is 0 Å². The predicted octanol–water partition coefficient (Wildman–Crippen LogP) is 3.09. The summed E-state index contributed by atoms with van der Waals surface area (Å²) in [5.74, 6) is -0.107. The minimum Gasteiger partial charge on any atom is -0.368 e. The third-order valence-electron chi connectivity index (χ3n) is 5.54. The molecule has 4 unspecified atom stereocenters. The molecule has 1 aromatic carbocycles. The standard InChI is InChI=1S/C23H23F3N6O/c1-13(31-22-18-7-3-6-17(21(27)33)20(18)29-12-30-22)14-4-2-5-16(10-14)32-19-11-15(8-9-28-19)23(24,25)26/h2-13,18-20,28,32H,1H3,(H2,27,33)(H,29,30,31). The molecule has 0 saturated carbocycles. The number of allylic oxidation sites excluding steroid dienone is 4. The van der Waals surface area contributed by atoms with Crippen molar-refractivity contribution < 1.29 is 18.0 Å². The molecule has 5 N–H and O–H groups in total. The zero-order valence-corrected chi connectivity index (χ0v) is 17.7. The number of nitrogens with zero attached hydrogens (tertiary/aromatic N) is 2. The quantitative estimate of drug-likeness (QED) is 0.547. The molecule has 0 bridgehead atoms. The van der Waals surface area contributed by atoms with Crippen molar-refractivity contribution in [1.82, 2.24) is 10.6 Å². The molecule has 1 aromatic rings. The van der Waals surface area contributed by atoms with E-state index in [1.807, 2.05) is 31.2 Å². The first kappa shape index (κ1) is 22.4. The van der Waals surface area contributed by atoms with Crippen molar-refractivity contribution in [3.63, 3.8) is 0 Å². The van der Waals surface area contributed by atoms with Gasteiger partial charge in [0.1, 0.15) is 12.0 Å². The van der Waals surface area contributed by atoms with E-state index in [2.05, 4.69) is 20.9 Å². The van der Waals surface area contributed by atoms with Crippen LogP contribution in [0.5, 0.6) is 0 Å². The smallest absolute Gasteiger partial charge is 0.368 e. The molecule has 3 aliphatic rings. The van der Waals surface area contributed by atoms with Crippen LogP contribution >= 0.6 is 0 Å². The van der Waals surface area contributed by atoms with Gasteiger partial charge in [-0.05, 0) is 43.0 Å². The molecule has 0 radical (unpaired) electrons. The Morgan fingerprint density at radius 3 is 2.91 bits per heavy atom. The monoisotopic (exact) mass is 456 g/mol. The fraction of sp³-hybridized carbons (Fsp3) is 0.261. The maximum Gasteiger partial charge on any atom is 0.416 e. The van der Waals surface area contributed by atoms with Gasteiger partial charge in [-0.15, -0.1) is 0 Å². The van der Waals surface area contributed by atoms with Gasteiger partial charge in [-0.3, -0.25) is 14.8 Å². The van der Waals surface area contributed by atoms with Gasteiger partial charge in [0.2, 0.25) is 5.91 Å². The molecular weight excluding hydrogens is 433 g/mol. The van der Waals surface area contributed by atoms with Crippen LogP contribution in [0.4, 0.5) is 18.9 Å². The molecule has 1 aliphatic carbocycles. The number of rotatable bonds is 5. The van der Waals surface area contributed by atoms with E-state index >= 15 is 0 Å². The largest absolute Gasteiger partial charge is 0.416 e. The van der Waals surface area contributed by atoms with Crippen LogP contribution in [0.15, 0.2) is 82.0 Å². The molecule has 4 atom stereocenters. The maximum atomic E-state index is 13.0. The van der Waals surface area contributed by atoms with E-state index in [1.54, 1.807) is 18.2 Å². The summed E-state index contributed by atoms with van der Waals surface area (Å²) >= 11 is 0. The molecule has 2 aliphatic heterocycles. The third kappa shape index (κ3) is 5.00. The van der Waals surface area contributed by atoms with E-state index in [-0.39, 0.29) is 12.0 Å². The number of carbonyl (C=O) groups is 1. The van der Waals surface area contributed by atoms with Crippen LogP contribution in [0.3, 0.4) is 0 Å². The average Bonchev–Trinajstić information content (AvgIpc) is 2.78. The van der Waals surface area contributed by atoms with Crippen molar-refractivity contribution in [1.29, 1.82) is 0 Å². The van der Waals surface area contributed by atoms with Gasteiger partial charge in [0.15, 0.2) is 0 Å². The lowest BCUT2D eigenvalue weighted by Crippen LogP contribution is -2.44. The number of fused-ring (bicyclic) bond motifs is 1. The van der Waals surface area contributed by atoms with E-state index in [9.17, 15) is 18.0 Å². The van der Waals surface area contributed by atoms with E-state index in [4.69, 9.17) is 10.7 Å². The predicted molar refractivity (Wildman–Crippen MR) is 121 cm³/mol. The highest BCUT2D eigenvalue weighted by molar-refractivity contribution is 6.02. The number of alkyl halides is 3. The number of anilines is 1. The number of nitrogens with two attached hydrogens (primary N) is 1. The molecule has 10 heteroatoms. The average molecular weight is 456 g/mol. The van der Waals surface area contributed by atoms with Gasteiger partial charge in [0.25, 0.3) is 0 Å². The summed E-state index contributed by atoms with van der Waals surface area (Å²) in [5, 5.41) is 8.97. The zero-order chi connectivity index (χ0) is 23.6. The Hall–Kier alpha value is -3.82. The van der Waals surface area contributed by atoms with Crippen LogP contribution < -0.4 is 21.7 Å². The Kier molecular flexibility index (Phi) is 6.08. The number of nitrogens with one attached hydrogen (secondary N) is 3. The van der Waals surface area contributed by atoms with E-state index in [1.165, 1.54) is 12.5 Å². The second kappa shape index (κ2) is 8.97. The number of hydrogen-bond acceptors (Lipinski definition) is 5. The van der Waals surface area contributed by atoms with Crippen molar-refractivity contribution in [3.05, 3.63) is 77.6 Å². The van der Waals surface area contributed by atoms with Gasteiger partial charge >= 0.3 is 6.18 Å². The summed E-state index contributed by atoms with van der Waals surface area (Å²) < 4.78 is 39.0. The van der Waals surface area contributed by atoms with Gasteiger partial charge in [-0.1, -0.05) is 30.4 Å². The molecule has 0 aromatic heterocycles. The van der Waals surface area contributed by atoms with Crippen molar-refractivity contribution in [2.45, 2.75) is 31.3 Å². The molecule has 33 heavy (non-hydrogen) atoms. The van der Waals surface area contributed by atoms with Gasteiger partial charge in [0.05, 0.1) is 29.9 Å². The highest BCUT2D eigenvalue weighted by Crippen LogP contribution is 2.30. The van der Waals surface area contributed by atoms with Crippen LogP contribution in [0.2, 0.25) is 0 Å². The lowest BCUT2D eigenvalue weighted by Gasteiger charge is -2.30. The molecule has 172 valence electrons. The second-order valence-corrected chi connectivity index (χ2v) is 7.82. The number of primary amides is 1. The molecule has 0 spiro atoms. The number of carbonyl (C=O) groups excluding carboxylic acids is 1. The molecule has 0 saturated heterocycles. The lowest BCUT2D eigenvalue weighted by molar-refractivity contribution is -0.114. The molecule has 4 rings (SSSR count). The summed E-state index contributed by atoms with van der Waals surface area (Å²) in [4.78, 5) is 20.9. The first-order valence-corrected chi connectivity index (χ1v) is 10.3. The van der Waals surface area contributed by atoms with E-state index in [0.29, 0.717) is 17.1 Å². The van der Waals surface area contributed by atoms with Gasteiger partial charge in [-0.2, -0.15) is 13.2 Å². The number of aliphatic imine (C=N–C) groups is 2. The Balaban J connectivity index is 1.51. The maximum absolute atomic E-state index is 13.0. The third-order valence-corrected chi connectivity index (χ3v) is 5.54. The summed E-state index contributed by atoms with van der Waals surface area (Å²) in [6.45, 7) is 1.91. The highest BCUT2D eigenvalue weighted by atomic mass is 19.4. The molecule has 7 nitrogen and oxygen atoms in total. The number of hydrogen-bond donors (Lipinski definition) is 4. The molecule has 0 fully saturated rings. The van der Waals surface area contributed by atoms with Crippen LogP contribution in [0.25, 0.3) is 0 Å². The Bertz CT molecular complexity index is 1120. The number of dihydropyridines is 1. The summed E-state index contributed by atoms with van der Waals surface area (Å²) in [6, 6.07) is 6.64. The van der Waals surface area contributed by atoms with E-state index in [0.717, 1.165) is 17.7 Å². The number of benzene rings is 1. The number of amidine groups is 1. The summed E-state index contributed by atoms with van der Waals surface area (Å²) in [6.07, 6.45) is 5.11. The molecular formula is C23H23F3N6O. The van der Waals surface area contributed by atoms with Crippen LogP contribution in [0.1, 0.15) is 18.5 Å². The Labute approximate surface area is 188 Å². The zero-order valence-electron chi connectivity index (χ0n) is 17.7. The molecule has 2 heterocycles. The Morgan fingerprint density at radius 2 is 2.15 bits per heavy atom.